The first-order chi connectivity index (χ1) is 12.3. The molecule has 0 spiro atoms. The Morgan fingerprint density at radius 2 is 2.04 bits per heavy atom. The molecule has 0 radical (unpaired) electrons. The molecule has 26 heavy (non-hydrogen) atoms. The quantitative estimate of drug-likeness (QED) is 0.557. The van der Waals surface area contributed by atoms with Crippen molar-refractivity contribution in [3.05, 3.63) is 48.3 Å². The number of allylic oxidation sites excluding steroid dienone is 1. The molecule has 0 atom stereocenters. The summed E-state index contributed by atoms with van der Waals surface area (Å²) in [4.78, 5) is 12.0. The molecule has 0 saturated heterocycles. The number of methoxy groups -OCH3 is 1. The number of carbonyl (C=O) groups is 1. The van der Waals surface area contributed by atoms with E-state index in [0.717, 1.165) is 23.9 Å². The van der Waals surface area contributed by atoms with Crippen LogP contribution in [0.5, 0.6) is 0 Å². The summed E-state index contributed by atoms with van der Waals surface area (Å²) in [7, 11) is 1.54. The van der Waals surface area contributed by atoms with Gasteiger partial charge in [-0.15, -0.1) is 16.8 Å². The predicted octanol–water partition coefficient (Wildman–Crippen LogP) is 3.36. The maximum Gasteiger partial charge on any atom is 0.416 e. The molecule has 1 heterocycles. The van der Waals surface area contributed by atoms with Gasteiger partial charge in [0.2, 0.25) is 5.91 Å². The fraction of sp³-hybridized carbons (Fsp3) is 0.312. The molecule has 6 nitrogen and oxygen atoms in total. The summed E-state index contributed by atoms with van der Waals surface area (Å²) < 4.78 is 44.4. The number of alkyl halides is 3. The highest BCUT2D eigenvalue weighted by Crippen LogP contribution is 2.29. The van der Waals surface area contributed by atoms with Gasteiger partial charge in [0.05, 0.1) is 11.3 Å². The van der Waals surface area contributed by atoms with Gasteiger partial charge in [0.25, 0.3) is 0 Å². The lowest BCUT2D eigenvalue weighted by Gasteiger charge is -2.09. The van der Waals surface area contributed by atoms with Crippen LogP contribution in [0.25, 0.3) is 0 Å². The van der Waals surface area contributed by atoms with Gasteiger partial charge in [-0.25, -0.2) is 0 Å². The average molecular weight is 386 g/mol. The Labute approximate surface area is 152 Å². The monoisotopic (exact) mass is 386 g/mol. The summed E-state index contributed by atoms with van der Waals surface area (Å²) in [5.41, 5.74) is -0.482. The number of carbonyl (C=O) groups excluding carboxylic acids is 1. The number of rotatable bonds is 8. The number of anilines is 1. The van der Waals surface area contributed by atoms with E-state index in [1.165, 1.54) is 19.2 Å². The highest BCUT2D eigenvalue weighted by molar-refractivity contribution is 7.99. The summed E-state index contributed by atoms with van der Waals surface area (Å²) in [5.74, 6) is 0.276. The lowest BCUT2D eigenvalue weighted by molar-refractivity contribution is -0.137. The van der Waals surface area contributed by atoms with Crippen molar-refractivity contribution in [2.24, 2.45) is 0 Å². The maximum atomic E-state index is 12.5. The third kappa shape index (κ3) is 5.33. The van der Waals surface area contributed by atoms with E-state index in [-0.39, 0.29) is 24.0 Å². The second-order valence-electron chi connectivity index (χ2n) is 5.14. The molecular formula is C16H17F3N4O2S. The van der Waals surface area contributed by atoms with Gasteiger partial charge >= 0.3 is 6.18 Å². The second-order valence-corrected chi connectivity index (χ2v) is 6.09. The van der Waals surface area contributed by atoms with E-state index >= 15 is 0 Å². The van der Waals surface area contributed by atoms with Crippen LogP contribution >= 0.6 is 11.8 Å². The van der Waals surface area contributed by atoms with Crippen molar-refractivity contribution in [3.8, 4) is 0 Å². The summed E-state index contributed by atoms with van der Waals surface area (Å²) in [6.45, 7) is 4.41. The molecule has 0 bridgehead atoms. The molecule has 1 aromatic carbocycles. The zero-order chi connectivity index (χ0) is 19.2. The van der Waals surface area contributed by atoms with Gasteiger partial charge in [-0.05, 0) is 24.3 Å². The van der Waals surface area contributed by atoms with E-state index in [2.05, 4.69) is 22.1 Å². The summed E-state index contributed by atoms with van der Waals surface area (Å²) in [5, 5.41) is 11.1. The minimum Gasteiger partial charge on any atom is -0.377 e. The number of nitrogens with one attached hydrogen (secondary N) is 1. The number of aromatic nitrogens is 3. The van der Waals surface area contributed by atoms with E-state index in [9.17, 15) is 18.0 Å². The zero-order valence-electron chi connectivity index (χ0n) is 13.9. The highest BCUT2D eigenvalue weighted by Gasteiger charge is 2.30. The number of hydrogen-bond acceptors (Lipinski definition) is 5. The van der Waals surface area contributed by atoms with Crippen LogP contribution in [-0.4, -0.2) is 33.5 Å². The van der Waals surface area contributed by atoms with Gasteiger partial charge in [-0.1, -0.05) is 17.8 Å². The van der Waals surface area contributed by atoms with Crippen molar-refractivity contribution in [1.29, 1.82) is 0 Å². The number of nitrogens with zero attached hydrogens (tertiary/aromatic N) is 3. The zero-order valence-corrected chi connectivity index (χ0v) is 14.7. The Hall–Kier alpha value is -2.33. The fourth-order valence-electron chi connectivity index (χ4n) is 2.04. The summed E-state index contributed by atoms with van der Waals surface area (Å²) in [6.07, 6.45) is -2.73. The number of benzene rings is 1. The third-order valence-electron chi connectivity index (χ3n) is 3.21. The Bertz CT molecular complexity index is 760. The topological polar surface area (TPSA) is 69.0 Å². The number of hydrogen-bond donors (Lipinski definition) is 1. The molecule has 2 aromatic rings. The van der Waals surface area contributed by atoms with Crippen LogP contribution in [0.4, 0.5) is 18.9 Å². The first-order valence-corrected chi connectivity index (χ1v) is 8.45. The van der Waals surface area contributed by atoms with Crippen LogP contribution < -0.4 is 5.32 Å². The molecule has 0 aliphatic heterocycles. The molecule has 0 aliphatic carbocycles. The molecular weight excluding hydrogens is 369 g/mol. The van der Waals surface area contributed by atoms with Gasteiger partial charge in [-0.3, -0.25) is 4.79 Å². The minimum atomic E-state index is -4.41. The Morgan fingerprint density at radius 3 is 2.62 bits per heavy atom. The minimum absolute atomic E-state index is 0.0310. The Morgan fingerprint density at radius 1 is 1.35 bits per heavy atom. The van der Waals surface area contributed by atoms with Crippen molar-refractivity contribution < 1.29 is 22.7 Å². The van der Waals surface area contributed by atoms with E-state index in [0.29, 0.717) is 17.5 Å². The van der Waals surface area contributed by atoms with Gasteiger partial charge in [-0.2, -0.15) is 13.2 Å². The Balaban J connectivity index is 1.95. The molecule has 1 amide bonds. The van der Waals surface area contributed by atoms with Gasteiger partial charge in [0.15, 0.2) is 11.0 Å². The van der Waals surface area contributed by atoms with Crippen molar-refractivity contribution in [1.82, 2.24) is 14.8 Å². The van der Waals surface area contributed by atoms with E-state index in [4.69, 9.17) is 4.74 Å². The number of thioether (sulfide) groups is 1. The van der Waals surface area contributed by atoms with Crippen molar-refractivity contribution >= 4 is 23.4 Å². The average Bonchev–Trinajstić information content (AvgIpc) is 2.95. The van der Waals surface area contributed by atoms with Crippen LogP contribution in [0, 0.1) is 0 Å². The van der Waals surface area contributed by atoms with Crippen molar-refractivity contribution in [2.75, 3.05) is 18.2 Å². The predicted molar refractivity (Wildman–Crippen MR) is 91.7 cm³/mol. The molecule has 140 valence electrons. The van der Waals surface area contributed by atoms with Crippen LogP contribution in [0.3, 0.4) is 0 Å². The van der Waals surface area contributed by atoms with Crippen LogP contribution in [0.15, 0.2) is 42.1 Å². The van der Waals surface area contributed by atoms with Gasteiger partial charge < -0.3 is 14.6 Å². The molecule has 0 unspecified atom stereocenters. The number of halogens is 3. The molecule has 2 rings (SSSR count). The largest absolute Gasteiger partial charge is 0.416 e. The smallest absolute Gasteiger partial charge is 0.377 e. The molecule has 0 fully saturated rings. The third-order valence-corrected chi connectivity index (χ3v) is 4.17. The molecule has 1 N–H and O–H groups in total. The maximum absolute atomic E-state index is 12.5. The molecule has 0 aliphatic rings. The lowest BCUT2D eigenvalue weighted by atomic mass is 10.2. The van der Waals surface area contributed by atoms with Crippen LogP contribution in [0.1, 0.15) is 11.4 Å². The van der Waals surface area contributed by atoms with E-state index in [1.54, 1.807) is 10.6 Å². The molecule has 0 saturated carbocycles. The summed E-state index contributed by atoms with van der Waals surface area (Å²) >= 11 is 1.16. The van der Waals surface area contributed by atoms with Crippen molar-refractivity contribution in [2.45, 2.75) is 24.5 Å². The molecule has 1 aromatic heterocycles. The number of ether oxygens (including phenoxy) is 1. The normalized spacial score (nSPS) is 11.4. The standard InChI is InChI=1S/C16H17F3N4O2S/c1-3-8-23-13(9-25-2)21-22-15(23)26-10-14(24)20-12-6-4-11(5-7-12)16(17,18)19/h3-7H,1,8-10H2,2H3,(H,20,24). The van der Waals surface area contributed by atoms with Crippen LogP contribution in [-0.2, 0) is 28.9 Å². The lowest BCUT2D eigenvalue weighted by Crippen LogP contribution is -2.15. The SMILES string of the molecule is C=CCn1c(COC)nnc1SCC(=O)Nc1ccc(C(F)(F)F)cc1. The first kappa shape index (κ1) is 20.0. The van der Waals surface area contributed by atoms with Crippen LogP contribution in [0.2, 0.25) is 0 Å². The second kappa shape index (κ2) is 8.86. The first-order valence-electron chi connectivity index (χ1n) is 7.47. The Kier molecular flexibility index (Phi) is 6.81. The van der Waals surface area contributed by atoms with E-state index < -0.39 is 11.7 Å². The van der Waals surface area contributed by atoms with E-state index in [1.807, 2.05) is 0 Å². The summed E-state index contributed by atoms with van der Waals surface area (Å²) in [6, 6.07) is 4.26. The number of amides is 1. The molecule has 10 heteroatoms. The fourth-order valence-corrected chi connectivity index (χ4v) is 2.81. The highest BCUT2D eigenvalue weighted by atomic mass is 32.2. The van der Waals surface area contributed by atoms with Gasteiger partial charge in [0, 0.05) is 19.3 Å². The van der Waals surface area contributed by atoms with Crippen molar-refractivity contribution in [3.63, 3.8) is 0 Å². The van der Waals surface area contributed by atoms with Gasteiger partial charge in [0.1, 0.15) is 6.61 Å².